The molecule has 0 atom stereocenters. The zero-order chi connectivity index (χ0) is 5.78. The second kappa shape index (κ2) is 0.828. The van der Waals surface area contributed by atoms with Gasteiger partial charge in [0, 0.05) is 0 Å². The third-order valence-corrected chi connectivity index (χ3v) is 3.45. The van der Waals surface area contributed by atoms with Gasteiger partial charge in [0.2, 0.25) is 0 Å². The van der Waals surface area contributed by atoms with E-state index >= 15 is 0 Å². The summed E-state index contributed by atoms with van der Waals surface area (Å²) in [6.45, 7) is 0. The molecule has 6 nitrogen and oxygen atoms in total. The maximum atomic E-state index is 10.4. The first kappa shape index (κ1) is 4.11. The van der Waals surface area contributed by atoms with Crippen molar-refractivity contribution in [1.29, 1.82) is 0 Å². The molecule has 0 unspecified atom stereocenters. The van der Waals surface area contributed by atoms with Crippen molar-refractivity contribution < 1.29 is 7.67 Å². The number of aromatic nitrogens is 4. The fraction of sp³-hybridized carbons (Fsp3) is 0. The van der Waals surface area contributed by atoms with Crippen molar-refractivity contribution in [2.24, 2.45) is 0 Å². The summed E-state index contributed by atoms with van der Waals surface area (Å²) in [5.41, 5.74) is 0. The van der Waals surface area contributed by atoms with E-state index in [1.165, 1.54) is 0 Å². The summed E-state index contributed by atoms with van der Waals surface area (Å²) in [5, 5.41) is 9.46. The first-order chi connectivity index (χ1) is 3.73. The van der Waals surface area contributed by atoms with Crippen molar-refractivity contribution in [2.45, 2.75) is 0 Å². The van der Waals surface area contributed by atoms with Gasteiger partial charge in [-0.2, -0.15) is 0 Å². The van der Waals surface area contributed by atoms with Gasteiger partial charge < -0.3 is 0 Å². The van der Waals surface area contributed by atoms with Crippen LogP contribution in [0.4, 0.5) is 0 Å². The minimum absolute atomic E-state index is 0.0289. The van der Waals surface area contributed by atoms with Gasteiger partial charge in [0.1, 0.15) is 0 Å². The fourth-order valence-corrected chi connectivity index (χ4v) is 2.45. The Labute approximate surface area is 45.3 Å². The Morgan fingerprint density at radius 2 is 2.25 bits per heavy atom. The van der Waals surface area contributed by atoms with Gasteiger partial charge in [-0.05, 0) is 0 Å². The number of hydrogen-bond donors (Lipinski definition) is 0. The normalized spacial score (nSPS) is 20.0. The monoisotopic (exact) mass is 180 g/mol. The molecule has 1 aliphatic rings. The molecular weight excluding hydrogens is 179 g/mol. The number of hydrogen-bond acceptors (Lipinski definition) is 5. The summed E-state index contributed by atoms with van der Waals surface area (Å²) < 4.78 is 21.7. The molecule has 0 N–H and O–H groups in total. The molecule has 1 aromatic heterocycles. The van der Waals surface area contributed by atoms with Crippen molar-refractivity contribution in [1.82, 2.24) is 19.2 Å². The van der Waals surface area contributed by atoms with Crippen LogP contribution in [-0.4, -0.2) is 32.2 Å². The zero-order valence-electron chi connectivity index (χ0n) is 3.51. The van der Waals surface area contributed by atoms with Gasteiger partial charge in [0.15, 0.2) is 0 Å². The number of nitrogens with zero attached hydrogens (tertiary/aromatic N) is 4. The van der Waals surface area contributed by atoms with E-state index < -0.39 is 12.9 Å². The Hall–Kier alpha value is -0.811. The molecule has 0 radical (unpaired) electrons. The van der Waals surface area contributed by atoms with Gasteiger partial charge in [-0.25, -0.2) is 0 Å². The van der Waals surface area contributed by atoms with Crippen LogP contribution in [0.5, 0.6) is 0 Å². The molecule has 8 heavy (non-hydrogen) atoms. The van der Waals surface area contributed by atoms with E-state index in [0.29, 0.717) is 0 Å². The summed E-state index contributed by atoms with van der Waals surface area (Å²) in [4.78, 5) is 0. The maximum absolute atomic E-state index is 10.4. The number of tetrazole rings is 1. The van der Waals surface area contributed by atoms with Gasteiger partial charge in [-0.1, -0.05) is 0 Å². The van der Waals surface area contributed by atoms with Crippen molar-refractivity contribution in [3.8, 4) is 0 Å². The Bertz CT molecular complexity index is 297. The predicted octanol–water partition coefficient (Wildman–Crippen LogP) is -2.46. The van der Waals surface area contributed by atoms with E-state index in [9.17, 15) is 7.67 Å². The Morgan fingerprint density at radius 3 is 2.50 bits per heavy atom. The van der Waals surface area contributed by atoms with E-state index in [4.69, 9.17) is 0 Å². The van der Waals surface area contributed by atoms with Crippen molar-refractivity contribution in [3.63, 3.8) is 0 Å². The summed E-state index contributed by atoms with van der Waals surface area (Å²) in [7, 11) is 0. The molecule has 1 aromatic rings. The molecule has 0 fully saturated rings. The Kier molecular flexibility index (Phi) is 0.425. The van der Waals surface area contributed by atoms with Gasteiger partial charge in [-0.15, -0.1) is 0 Å². The summed E-state index contributed by atoms with van der Waals surface area (Å²) in [6, 6.07) is 0. The number of rotatable bonds is 0. The molecule has 7 heteroatoms. The molecule has 42 valence electrons. The average molecular weight is 179 g/mol. The first-order valence-electron chi connectivity index (χ1n) is 1.77. The first-order valence-corrected chi connectivity index (χ1v) is 4.79. The van der Waals surface area contributed by atoms with Gasteiger partial charge in [0.25, 0.3) is 0 Å². The molecule has 0 bridgehead atoms. The molecule has 0 saturated carbocycles. The molecule has 1 aliphatic heterocycles. The van der Waals surface area contributed by atoms with Crippen LogP contribution in [0.3, 0.4) is 0 Å². The van der Waals surface area contributed by atoms with E-state index in [0.717, 1.165) is 3.70 Å². The van der Waals surface area contributed by atoms with E-state index in [1.807, 2.05) is 0 Å². The summed E-state index contributed by atoms with van der Waals surface area (Å²) in [5.74, 6) is 0. The number of fused-ring (bicyclic) bond motifs is 1. The molecule has 0 aromatic carbocycles. The summed E-state index contributed by atoms with van der Waals surface area (Å²) in [6.07, 6.45) is 0. The van der Waals surface area contributed by atoms with Crippen LogP contribution in [-0.2, 0) is 7.67 Å². The molecular formula is CN4O2Se. The summed E-state index contributed by atoms with van der Waals surface area (Å²) >= 11 is -3.84. The van der Waals surface area contributed by atoms with Gasteiger partial charge in [-0.3, -0.25) is 0 Å². The zero-order valence-corrected chi connectivity index (χ0v) is 5.23. The van der Waals surface area contributed by atoms with Crippen molar-refractivity contribution in [3.05, 3.63) is 0 Å². The van der Waals surface area contributed by atoms with E-state index in [1.54, 1.807) is 0 Å². The van der Waals surface area contributed by atoms with Crippen molar-refractivity contribution in [2.75, 3.05) is 0 Å². The van der Waals surface area contributed by atoms with Gasteiger partial charge in [0.05, 0.1) is 0 Å². The van der Waals surface area contributed by atoms with Crippen LogP contribution < -0.4 is 4.72 Å². The average Bonchev–Trinajstić information content (AvgIpc) is 2.22. The quantitative estimate of drug-likeness (QED) is 0.419. The topological polar surface area (TPSA) is 77.7 Å². The van der Waals surface area contributed by atoms with Gasteiger partial charge >= 0.3 is 44.5 Å². The van der Waals surface area contributed by atoms with Crippen LogP contribution in [0.2, 0.25) is 0 Å². The van der Waals surface area contributed by atoms with Crippen LogP contribution in [0.15, 0.2) is 0 Å². The van der Waals surface area contributed by atoms with Crippen molar-refractivity contribution >= 4 is 17.6 Å². The Balaban J connectivity index is 2.91. The van der Waals surface area contributed by atoms with Crippen LogP contribution >= 0.6 is 0 Å². The second-order valence-electron chi connectivity index (χ2n) is 1.31. The molecule has 0 spiro atoms. The third kappa shape index (κ3) is 0.247. The van der Waals surface area contributed by atoms with E-state index in [2.05, 4.69) is 15.5 Å². The van der Waals surface area contributed by atoms with Crippen LogP contribution in [0, 0.1) is 0 Å². The molecule has 2 heterocycles. The van der Waals surface area contributed by atoms with Crippen LogP contribution in [0.25, 0.3) is 0 Å². The third-order valence-electron chi connectivity index (χ3n) is 0.841. The Morgan fingerprint density at radius 1 is 1.50 bits per heavy atom. The fourth-order valence-electron chi connectivity index (χ4n) is 0.425. The second-order valence-corrected chi connectivity index (χ2v) is 4.79. The molecule has 0 aliphatic carbocycles. The van der Waals surface area contributed by atoms with Crippen LogP contribution in [0.1, 0.15) is 0 Å². The minimum atomic E-state index is -3.84. The van der Waals surface area contributed by atoms with E-state index in [-0.39, 0.29) is 4.72 Å². The standard InChI is InChI=1S/CN4O2Se/c6-8(7)1-2-3-4-5(1)8. The molecule has 2 rings (SSSR count). The molecule has 0 saturated heterocycles. The molecule has 0 amide bonds. The SMILES string of the molecule is O=[Se]1(=O)c2nnnn21. The predicted molar refractivity (Wildman–Crippen MR) is 20.0 cm³/mol.